The van der Waals surface area contributed by atoms with Gasteiger partial charge in [-0.1, -0.05) is 6.92 Å². The molecule has 0 aliphatic carbocycles. The van der Waals surface area contributed by atoms with Gasteiger partial charge in [0, 0.05) is 0 Å². The third-order valence-corrected chi connectivity index (χ3v) is 1.52. The first-order valence-corrected chi connectivity index (χ1v) is 4.61. The second kappa shape index (κ2) is 6.86. The summed E-state index contributed by atoms with van der Waals surface area (Å²) in [6.07, 6.45) is 0.766. The third-order valence-electron chi connectivity index (χ3n) is 1.52. The van der Waals surface area contributed by atoms with E-state index >= 15 is 0 Å². The Labute approximate surface area is 79.4 Å². The molecule has 4 nitrogen and oxygen atoms in total. The lowest BCUT2D eigenvalue weighted by molar-refractivity contribution is -0.147. The number of hydrogen-bond donors (Lipinski definition) is 1. The smallest absolute Gasteiger partial charge is 0.322 e. The quantitative estimate of drug-likeness (QED) is 0.493. The van der Waals surface area contributed by atoms with Crippen LogP contribution in [0.15, 0.2) is 0 Å². The van der Waals surface area contributed by atoms with Crippen LogP contribution in [0.25, 0.3) is 0 Å². The Hall–Kier alpha value is -0.610. The van der Waals surface area contributed by atoms with Crippen LogP contribution in [0.1, 0.15) is 27.2 Å². The van der Waals surface area contributed by atoms with Crippen molar-refractivity contribution >= 4 is 5.97 Å². The zero-order valence-corrected chi connectivity index (χ0v) is 8.58. The lowest BCUT2D eigenvalue weighted by Crippen LogP contribution is -2.32. The lowest BCUT2D eigenvalue weighted by Gasteiger charge is -2.10. The van der Waals surface area contributed by atoms with Gasteiger partial charge in [-0.25, -0.2) is 0 Å². The Bertz CT molecular complexity index is 148. The van der Waals surface area contributed by atoms with Gasteiger partial charge in [0.25, 0.3) is 0 Å². The van der Waals surface area contributed by atoms with Crippen molar-refractivity contribution in [1.29, 1.82) is 0 Å². The van der Waals surface area contributed by atoms with Gasteiger partial charge in [-0.15, -0.1) is 0 Å². The standard InChI is InChI=1S/C9H19NO3/c1-4-8(10)9(11)13-6-5-12-7(2)3/h7-8H,4-6,10H2,1-3H3/t8-/m0/s1. The second-order valence-corrected chi connectivity index (χ2v) is 3.10. The first-order chi connectivity index (χ1) is 6.07. The van der Waals surface area contributed by atoms with E-state index in [-0.39, 0.29) is 18.7 Å². The topological polar surface area (TPSA) is 61.6 Å². The summed E-state index contributed by atoms with van der Waals surface area (Å²) in [6, 6.07) is -0.501. The van der Waals surface area contributed by atoms with Crippen molar-refractivity contribution in [3.05, 3.63) is 0 Å². The van der Waals surface area contributed by atoms with Crippen LogP contribution in [0, 0.1) is 0 Å². The van der Waals surface area contributed by atoms with E-state index in [0.29, 0.717) is 13.0 Å². The molecular formula is C9H19NO3. The van der Waals surface area contributed by atoms with Crippen molar-refractivity contribution in [3.8, 4) is 0 Å². The third kappa shape index (κ3) is 6.54. The van der Waals surface area contributed by atoms with Crippen molar-refractivity contribution < 1.29 is 14.3 Å². The summed E-state index contributed by atoms with van der Waals surface area (Å²) >= 11 is 0. The fourth-order valence-electron chi connectivity index (χ4n) is 0.700. The number of hydrogen-bond acceptors (Lipinski definition) is 4. The highest BCUT2D eigenvalue weighted by Gasteiger charge is 2.11. The molecule has 0 aromatic heterocycles. The van der Waals surface area contributed by atoms with E-state index in [2.05, 4.69) is 0 Å². The number of esters is 1. The summed E-state index contributed by atoms with van der Waals surface area (Å²) in [6.45, 7) is 6.42. The van der Waals surface area contributed by atoms with Crippen LogP contribution in [0.2, 0.25) is 0 Å². The Morgan fingerprint density at radius 1 is 1.38 bits per heavy atom. The summed E-state index contributed by atoms with van der Waals surface area (Å²) in [5, 5.41) is 0. The minimum Gasteiger partial charge on any atom is -0.462 e. The summed E-state index contributed by atoms with van der Waals surface area (Å²) < 4.78 is 10.0. The van der Waals surface area contributed by atoms with Gasteiger partial charge in [-0.05, 0) is 20.3 Å². The Morgan fingerprint density at radius 2 is 2.00 bits per heavy atom. The van der Waals surface area contributed by atoms with Crippen molar-refractivity contribution in [1.82, 2.24) is 0 Å². The molecule has 0 rings (SSSR count). The molecule has 1 atom stereocenters. The molecule has 0 saturated carbocycles. The highest BCUT2D eigenvalue weighted by molar-refractivity contribution is 5.75. The van der Waals surface area contributed by atoms with Crippen LogP contribution >= 0.6 is 0 Å². The van der Waals surface area contributed by atoms with Gasteiger partial charge >= 0.3 is 5.97 Å². The van der Waals surface area contributed by atoms with E-state index in [1.807, 2.05) is 20.8 Å². The fraction of sp³-hybridized carbons (Fsp3) is 0.889. The maximum absolute atomic E-state index is 11.0. The first-order valence-electron chi connectivity index (χ1n) is 4.61. The summed E-state index contributed by atoms with van der Waals surface area (Å²) in [5.41, 5.74) is 5.44. The van der Waals surface area contributed by atoms with E-state index in [0.717, 1.165) is 0 Å². The number of rotatable bonds is 6. The lowest BCUT2D eigenvalue weighted by atomic mass is 10.2. The van der Waals surface area contributed by atoms with E-state index in [4.69, 9.17) is 15.2 Å². The predicted octanol–water partition coefficient (Wildman–Crippen LogP) is 0.692. The molecule has 0 aliphatic heterocycles. The number of nitrogens with two attached hydrogens (primary N) is 1. The van der Waals surface area contributed by atoms with Gasteiger partial charge in [0.05, 0.1) is 12.7 Å². The summed E-state index contributed by atoms with van der Waals surface area (Å²) in [5.74, 6) is -0.352. The monoisotopic (exact) mass is 189 g/mol. The summed E-state index contributed by atoms with van der Waals surface area (Å²) in [4.78, 5) is 11.0. The van der Waals surface area contributed by atoms with Gasteiger partial charge in [0.2, 0.25) is 0 Å². The molecule has 78 valence electrons. The van der Waals surface area contributed by atoms with Crippen LogP contribution in [0.3, 0.4) is 0 Å². The number of ether oxygens (including phenoxy) is 2. The van der Waals surface area contributed by atoms with Crippen molar-refractivity contribution in [2.45, 2.75) is 39.3 Å². The van der Waals surface area contributed by atoms with Crippen LogP contribution in [-0.2, 0) is 14.3 Å². The van der Waals surface area contributed by atoms with Crippen LogP contribution in [-0.4, -0.2) is 31.3 Å². The maximum Gasteiger partial charge on any atom is 0.322 e. The molecule has 0 radical (unpaired) electrons. The summed E-state index contributed by atoms with van der Waals surface area (Å²) in [7, 11) is 0. The van der Waals surface area contributed by atoms with Gasteiger partial charge in [0.1, 0.15) is 12.6 Å². The molecule has 13 heavy (non-hydrogen) atoms. The molecule has 0 saturated heterocycles. The second-order valence-electron chi connectivity index (χ2n) is 3.10. The highest BCUT2D eigenvalue weighted by atomic mass is 16.6. The Balaban J connectivity index is 3.37. The molecular weight excluding hydrogens is 170 g/mol. The van der Waals surface area contributed by atoms with E-state index in [1.165, 1.54) is 0 Å². The number of carbonyl (C=O) groups is 1. The zero-order valence-electron chi connectivity index (χ0n) is 8.58. The molecule has 0 spiro atoms. The van der Waals surface area contributed by atoms with E-state index in [9.17, 15) is 4.79 Å². The van der Waals surface area contributed by atoms with Crippen molar-refractivity contribution in [2.75, 3.05) is 13.2 Å². The Morgan fingerprint density at radius 3 is 2.46 bits per heavy atom. The molecule has 2 N–H and O–H groups in total. The van der Waals surface area contributed by atoms with Crippen molar-refractivity contribution in [3.63, 3.8) is 0 Å². The molecule has 0 bridgehead atoms. The largest absolute Gasteiger partial charge is 0.462 e. The van der Waals surface area contributed by atoms with Gasteiger partial charge < -0.3 is 15.2 Å². The predicted molar refractivity (Wildman–Crippen MR) is 50.3 cm³/mol. The number of carbonyl (C=O) groups excluding carboxylic acids is 1. The van der Waals surface area contributed by atoms with Crippen LogP contribution < -0.4 is 5.73 Å². The molecule has 0 heterocycles. The van der Waals surface area contributed by atoms with E-state index < -0.39 is 6.04 Å². The molecule has 0 unspecified atom stereocenters. The van der Waals surface area contributed by atoms with Crippen LogP contribution in [0.4, 0.5) is 0 Å². The SMILES string of the molecule is CC[C@H](N)C(=O)OCCOC(C)C. The normalized spacial score (nSPS) is 13.0. The molecule has 0 aromatic rings. The average Bonchev–Trinajstić information content (AvgIpc) is 2.10. The van der Waals surface area contributed by atoms with Gasteiger partial charge in [-0.3, -0.25) is 4.79 Å². The van der Waals surface area contributed by atoms with E-state index in [1.54, 1.807) is 0 Å². The molecule has 0 amide bonds. The molecule has 4 heteroatoms. The van der Waals surface area contributed by atoms with Gasteiger partial charge in [0.15, 0.2) is 0 Å². The van der Waals surface area contributed by atoms with Crippen LogP contribution in [0.5, 0.6) is 0 Å². The average molecular weight is 189 g/mol. The molecule has 0 aliphatic rings. The molecule has 0 fully saturated rings. The van der Waals surface area contributed by atoms with Gasteiger partial charge in [-0.2, -0.15) is 0 Å². The first kappa shape index (κ1) is 12.4. The fourth-order valence-corrected chi connectivity index (χ4v) is 0.700. The molecule has 0 aromatic carbocycles. The zero-order chi connectivity index (χ0) is 10.3. The van der Waals surface area contributed by atoms with Crippen molar-refractivity contribution in [2.24, 2.45) is 5.73 Å². The minimum atomic E-state index is -0.501. The Kier molecular flexibility index (Phi) is 6.54. The maximum atomic E-state index is 11.0. The minimum absolute atomic E-state index is 0.165. The highest BCUT2D eigenvalue weighted by Crippen LogP contribution is 1.92.